The summed E-state index contributed by atoms with van der Waals surface area (Å²) in [6, 6.07) is 0. The van der Waals surface area contributed by atoms with Gasteiger partial charge in [0.05, 0.1) is 0 Å². The summed E-state index contributed by atoms with van der Waals surface area (Å²) in [5, 5.41) is 3.02. The molecule has 16 heavy (non-hydrogen) atoms. The summed E-state index contributed by atoms with van der Waals surface area (Å²) in [7, 11) is 1.71. The van der Waals surface area contributed by atoms with E-state index in [1.165, 1.54) is 25.7 Å². The molecule has 1 rings (SSSR count). The van der Waals surface area contributed by atoms with Gasteiger partial charge in [-0.2, -0.15) is 0 Å². The first-order valence-corrected chi connectivity index (χ1v) is 6.52. The fourth-order valence-corrected chi connectivity index (χ4v) is 2.42. The Balaban J connectivity index is 2.09. The number of methoxy groups -OCH3 is 1. The Bertz CT molecular complexity index is 200. The van der Waals surface area contributed by atoms with E-state index in [2.05, 4.69) is 12.2 Å². The maximum atomic E-state index is 11.8. The van der Waals surface area contributed by atoms with Crippen molar-refractivity contribution in [3.05, 3.63) is 0 Å². The molecule has 0 aromatic rings. The number of carbonyl (C=O) groups is 1. The number of nitrogens with one attached hydrogen (secondary N) is 1. The van der Waals surface area contributed by atoms with Crippen LogP contribution in [0.25, 0.3) is 0 Å². The molecule has 1 saturated carbocycles. The second-order valence-corrected chi connectivity index (χ2v) is 4.82. The lowest BCUT2D eigenvalue weighted by molar-refractivity contribution is -0.126. The van der Waals surface area contributed by atoms with E-state index in [-0.39, 0.29) is 11.8 Å². The first-order valence-electron chi connectivity index (χ1n) is 6.52. The van der Waals surface area contributed by atoms with E-state index in [0.717, 1.165) is 26.0 Å². The number of carbonyl (C=O) groups excluding carboxylic acids is 1. The van der Waals surface area contributed by atoms with Gasteiger partial charge in [0.2, 0.25) is 5.91 Å². The van der Waals surface area contributed by atoms with Gasteiger partial charge < -0.3 is 10.1 Å². The van der Waals surface area contributed by atoms with Gasteiger partial charge in [-0.1, -0.05) is 19.8 Å². The summed E-state index contributed by atoms with van der Waals surface area (Å²) in [4.78, 5) is 11.8. The first kappa shape index (κ1) is 13.5. The van der Waals surface area contributed by atoms with Crippen LogP contribution >= 0.6 is 0 Å². The van der Waals surface area contributed by atoms with E-state index in [4.69, 9.17) is 4.74 Å². The average molecular weight is 227 g/mol. The quantitative estimate of drug-likeness (QED) is 0.678. The third-order valence-corrected chi connectivity index (χ3v) is 3.59. The van der Waals surface area contributed by atoms with Gasteiger partial charge >= 0.3 is 0 Å². The zero-order chi connectivity index (χ0) is 11.8. The van der Waals surface area contributed by atoms with Crippen LogP contribution in [0.5, 0.6) is 0 Å². The fraction of sp³-hybridized carbons (Fsp3) is 0.923. The minimum absolute atomic E-state index is 0.199. The highest BCUT2D eigenvalue weighted by Gasteiger charge is 2.26. The molecule has 1 unspecified atom stereocenters. The Morgan fingerprint density at radius 1 is 1.38 bits per heavy atom. The molecule has 1 amide bonds. The van der Waals surface area contributed by atoms with E-state index < -0.39 is 0 Å². The molecule has 0 heterocycles. The summed E-state index contributed by atoms with van der Waals surface area (Å²) in [6.07, 6.45) is 7.11. The molecule has 0 spiro atoms. The molecule has 0 bridgehead atoms. The molecular weight excluding hydrogens is 202 g/mol. The molecule has 1 aliphatic rings. The number of hydrogen-bond acceptors (Lipinski definition) is 2. The maximum absolute atomic E-state index is 11.8. The second-order valence-electron chi connectivity index (χ2n) is 4.82. The lowest BCUT2D eigenvalue weighted by atomic mass is 9.92. The number of rotatable bonds is 7. The van der Waals surface area contributed by atoms with Crippen molar-refractivity contribution >= 4 is 5.91 Å². The summed E-state index contributed by atoms with van der Waals surface area (Å²) >= 11 is 0. The smallest absolute Gasteiger partial charge is 0.223 e. The zero-order valence-electron chi connectivity index (χ0n) is 10.6. The third kappa shape index (κ3) is 4.52. The minimum Gasteiger partial charge on any atom is -0.385 e. The van der Waals surface area contributed by atoms with Crippen LogP contribution < -0.4 is 5.32 Å². The zero-order valence-corrected chi connectivity index (χ0v) is 10.6. The summed E-state index contributed by atoms with van der Waals surface area (Å²) < 4.78 is 4.96. The van der Waals surface area contributed by atoms with E-state index in [1.807, 2.05) is 0 Å². The molecule has 0 aromatic heterocycles. The van der Waals surface area contributed by atoms with Gasteiger partial charge in [0.15, 0.2) is 0 Å². The monoisotopic (exact) mass is 227 g/mol. The number of unbranched alkanes of at least 4 members (excludes halogenated alkanes) is 1. The van der Waals surface area contributed by atoms with Gasteiger partial charge in [-0.15, -0.1) is 0 Å². The number of amides is 1. The maximum Gasteiger partial charge on any atom is 0.223 e. The number of ether oxygens (including phenoxy) is 1. The highest BCUT2D eigenvalue weighted by atomic mass is 16.5. The minimum atomic E-state index is 0.199. The van der Waals surface area contributed by atoms with Gasteiger partial charge in [-0.3, -0.25) is 4.79 Å². The predicted molar refractivity (Wildman–Crippen MR) is 65.2 cm³/mol. The normalized spacial score (nSPS) is 18.6. The molecule has 0 radical (unpaired) electrons. The molecule has 0 aromatic carbocycles. The van der Waals surface area contributed by atoms with Crippen LogP contribution in [-0.4, -0.2) is 26.2 Å². The highest BCUT2D eigenvalue weighted by molar-refractivity contribution is 5.78. The van der Waals surface area contributed by atoms with Crippen LogP contribution in [0.15, 0.2) is 0 Å². The van der Waals surface area contributed by atoms with Crippen LogP contribution in [0.3, 0.4) is 0 Å². The van der Waals surface area contributed by atoms with Crippen molar-refractivity contribution < 1.29 is 9.53 Å². The fourth-order valence-electron chi connectivity index (χ4n) is 2.42. The van der Waals surface area contributed by atoms with Gasteiger partial charge in [-0.05, 0) is 31.6 Å². The van der Waals surface area contributed by atoms with Crippen molar-refractivity contribution in [3.8, 4) is 0 Å². The topological polar surface area (TPSA) is 38.3 Å². The largest absolute Gasteiger partial charge is 0.385 e. The molecule has 1 N–H and O–H groups in total. The Hall–Kier alpha value is -0.570. The SMILES string of the molecule is COCCCCNC(=O)C(C)C1CCCC1. The second kappa shape index (κ2) is 7.66. The molecule has 3 heteroatoms. The Kier molecular flexibility index (Phi) is 6.46. The van der Waals surface area contributed by atoms with Gasteiger partial charge in [0, 0.05) is 26.2 Å². The van der Waals surface area contributed by atoms with Crippen LogP contribution in [0, 0.1) is 11.8 Å². The predicted octanol–water partition coefficient (Wildman–Crippen LogP) is 2.36. The van der Waals surface area contributed by atoms with Crippen molar-refractivity contribution in [1.82, 2.24) is 5.32 Å². The molecule has 1 fully saturated rings. The Morgan fingerprint density at radius 3 is 2.69 bits per heavy atom. The van der Waals surface area contributed by atoms with Crippen molar-refractivity contribution in [3.63, 3.8) is 0 Å². The number of hydrogen-bond donors (Lipinski definition) is 1. The van der Waals surface area contributed by atoms with Gasteiger partial charge in [-0.25, -0.2) is 0 Å². The molecule has 1 atom stereocenters. The molecule has 0 saturated heterocycles. The first-order chi connectivity index (χ1) is 7.75. The third-order valence-electron chi connectivity index (χ3n) is 3.59. The molecule has 3 nitrogen and oxygen atoms in total. The lowest BCUT2D eigenvalue weighted by Crippen LogP contribution is -2.33. The van der Waals surface area contributed by atoms with Crippen LogP contribution in [0.1, 0.15) is 45.4 Å². The highest BCUT2D eigenvalue weighted by Crippen LogP contribution is 2.31. The van der Waals surface area contributed by atoms with Crippen LogP contribution in [0.2, 0.25) is 0 Å². The summed E-state index contributed by atoms with van der Waals surface area (Å²) in [5.74, 6) is 1.06. The van der Waals surface area contributed by atoms with E-state index >= 15 is 0 Å². The van der Waals surface area contributed by atoms with E-state index in [1.54, 1.807) is 7.11 Å². The Labute approximate surface area is 98.9 Å². The van der Waals surface area contributed by atoms with Gasteiger partial charge in [0.1, 0.15) is 0 Å². The molecule has 0 aliphatic heterocycles. The van der Waals surface area contributed by atoms with Crippen LogP contribution in [-0.2, 0) is 9.53 Å². The molecular formula is C13H25NO2. The van der Waals surface area contributed by atoms with Gasteiger partial charge in [0.25, 0.3) is 0 Å². The summed E-state index contributed by atoms with van der Waals surface area (Å²) in [5.41, 5.74) is 0. The average Bonchev–Trinajstić information content (AvgIpc) is 2.81. The van der Waals surface area contributed by atoms with Crippen LogP contribution in [0.4, 0.5) is 0 Å². The van der Waals surface area contributed by atoms with Crippen molar-refractivity contribution in [2.24, 2.45) is 11.8 Å². The van der Waals surface area contributed by atoms with Crippen molar-refractivity contribution in [2.45, 2.75) is 45.4 Å². The van der Waals surface area contributed by atoms with E-state index in [9.17, 15) is 4.79 Å². The Morgan fingerprint density at radius 2 is 2.06 bits per heavy atom. The van der Waals surface area contributed by atoms with Crippen molar-refractivity contribution in [1.29, 1.82) is 0 Å². The van der Waals surface area contributed by atoms with E-state index in [0.29, 0.717) is 5.92 Å². The standard InChI is InChI=1S/C13H25NO2/c1-11(12-7-3-4-8-12)13(15)14-9-5-6-10-16-2/h11-12H,3-10H2,1-2H3,(H,14,15). The van der Waals surface area contributed by atoms with Crippen molar-refractivity contribution in [2.75, 3.05) is 20.3 Å². The molecule has 1 aliphatic carbocycles. The lowest BCUT2D eigenvalue weighted by Gasteiger charge is -2.18. The summed E-state index contributed by atoms with van der Waals surface area (Å²) in [6.45, 7) is 3.65. The molecule has 94 valence electrons.